The van der Waals surface area contributed by atoms with Crippen molar-refractivity contribution >= 4 is 0 Å². The quantitative estimate of drug-likeness (QED) is 0.836. The van der Waals surface area contributed by atoms with Gasteiger partial charge in [-0.1, -0.05) is 44.2 Å². The molecule has 0 amide bonds. The van der Waals surface area contributed by atoms with Crippen LogP contribution in [0.1, 0.15) is 25.3 Å². The van der Waals surface area contributed by atoms with E-state index in [0.29, 0.717) is 12.5 Å². The summed E-state index contributed by atoms with van der Waals surface area (Å²) in [4.78, 5) is 0. The Kier molecular flexibility index (Phi) is 5.82. The number of aliphatic hydroxyl groups is 1. The zero-order valence-corrected chi connectivity index (χ0v) is 11.1. The highest BCUT2D eigenvalue weighted by Crippen LogP contribution is 2.24. The molecular weight excluding hydrogens is 255 g/mol. The van der Waals surface area contributed by atoms with E-state index in [-0.39, 0.29) is 5.92 Å². The van der Waals surface area contributed by atoms with Gasteiger partial charge in [0.15, 0.2) is 6.10 Å². The fraction of sp³-hybridized carbons (Fsp3) is 0.571. The highest BCUT2D eigenvalue weighted by Gasteiger charge is 2.37. The van der Waals surface area contributed by atoms with Crippen molar-refractivity contribution in [2.75, 3.05) is 13.1 Å². The molecule has 2 atom stereocenters. The molecule has 2 unspecified atom stereocenters. The predicted octanol–water partition coefficient (Wildman–Crippen LogP) is 2.94. The molecule has 108 valence electrons. The number of halogens is 3. The summed E-state index contributed by atoms with van der Waals surface area (Å²) < 4.78 is 36.5. The highest BCUT2D eigenvalue weighted by molar-refractivity contribution is 5.20. The smallest absolute Gasteiger partial charge is 0.382 e. The number of nitrogens with one attached hydrogen (secondary N) is 1. The van der Waals surface area contributed by atoms with Crippen LogP contribution < -0.4 is 5.32 Å². The molecule has 19 heavy (non-hydrogen) atoms. The topological polar surface area (TPSA) is 32.3 Å². The predicted molar refractivity (Wildman–Crippen MR) is 69.0 cm³/mol. The molecule has 0 saturated heterocycles. The average Bonchev–Trinajstić information content (AvgIpc) is 2.33. The van der Waals surface area contributed by atoms with E-state index in [9.17, 15) is 13.2 Å². The van der Waals surface area contributed by atoms with Gasteiger partial charge in [0, 0.05) is 13.1 Å². The molecule has 0 saturated carbocycles. The van der Waals surface area contributed by atoms with Crippen LogP contribution in [0.15, 0.2) is 30.3 Å². The molecule has 0 heterocycles. The van der Waals surface area contributed by atoms with E-state index in [0.717, 1.165) is 5.56 Å². The maximum atomic E-state index is 12.2. The van der Waals surface area contributed by atoms with Crippen LogP contribution >= 0.6 is 0 Å². The summed E-state index contributed by atoms with van der Waals surface area (Å²) in [6, 6.07) is 9.66. The van der Waals surface area contributed by atoms with Crippen molar-refractivity contribution in [3.05, 3.63) is 35.9 Å². The van der Waals surface area contributed by atoms with Crippen LogP contribution in [0.25, 0.3) is 0 Å². The molecule has 0 spiro atoms. The number of benzene rings is 1. The third-order valence-corrected chi connectivity index (χ3v) is 3.11. The van der Waals surface area contributed by atoms with Crippen LogP contribution in [-0.2, 0) is 0 Å². The van der Waals surface area contributed by atoms with E-state index < -0.39 is 18.8 Å². The molecule has 2 N–H and O–H groups in total. The first-order valence-electron chi connectivity index (χ1n) is 6.32. The molecule has 0 radical (unpaired) electrons. The molecule has 1 rings (SSSR count). The minimum Gasteiger partial charge on any atom is -0.382 e. The van der Waals surface area contributed by atoms with E-state index >= 15 is 0 Å². The first kappa shape index (κ1) is 16.0. The van der Waals surface area contributed by atoms with Crippen molar-refractivity contribution in [1.82, 2.24) is 5.32 Å². The monoisotopic (exact) mass is 275 g/mol. The molecule has 2 nitrogen and oxygen atoms in total. The summed E-state index contributed by atoms with van der Waals surface area (Å²) >= 11 is 0. The maximum absolute atomic E-state index is 12.2. The summed E-state index contributed by atoms with van der Waals surface area (Å²) in [5.74, 6) is 0.430. The number of hydrogen-bond acceptors (Lipinski definition) is 2. The lowest BCUT2D eigenvalue weighted by Gasteiger charge is -2.23. The molecular formula is C14H20F3NO. The lowest BCUT2D eigenvalue weighted by atomic mass is 9.88. The number of aliphatic hydroxyl groups excluding tert-OH is 1. The second-order valence-corrected chi connectivity index (χ2v) is 4.98. The Morgan fingerprint density at radius 1 is 1.11 bits per heavy atom. The third kappa shape index (κ3) is 5.20. The zero-order valence-electron chi connectivity index (χ0n) is 11.1. The minimum atomic E-state index is -4.56. The summed E-state index contributed by atoms with van der Waals surface area (Å²) in [7, 11) is 0. The number of alkyl halides is 3. The van der Waals surface area contributed by atoms with Gasteiger partial charge in [0.1, 0.15) is 0 Å². The first-order chi connectivity index (χ1) is 8.82. The largest absolute Gasteiger partial charge is 0.415 e. The van der Waals surface area contributed by atoms with Crippen molar-refractivity contribution in [1.29, 1.82) is 0 Å². The van der Waals surface area contributed by atoms with Crippen LogP contribution in [0, 0.1) is 5.92 Å². The van der Waals surface area contributed by atoms with Crippen LogP contribution in [-0.4, -0.2) is 30.5 Å². The fourth-order valence-corrected chi connectivity index (χ4v) is 1.93. The first-order valence-corrected chi connectivity index (χ1v) is 6.32. The van der Waals surface area contributed by atoms with Gasteiger partial charge in [-0.2, -0.15) is 13.2 Å². The molecule has 0 aromatic heterocycles. The number of hydrogen-bond donors (Lipinski definition) is 2. The van der Waals surface area contributed by atoms with Crippen molar-refractivity contribution in [3.8, 4) is 0 Å². The SMILES string of the molecule is CC(C)C(CNCC(O)C(F)(F)F)c1ccccc1. The Bertz CT molecular complexity index is 365. The van der Waals surface area contributed by atoms with Crippen molar-refractivity contribution in [2.24, 2.45) is 5.92 Å². The highest BCUT2D eigenvalue weighted by atomic mass is 19.4. The molecule has 0 bridgehead atoms. The third-order valence-electron chi connectivity index (χ3n) is 3.11. The van der Waals surface area contributed by atoms with E-state index in [4.69, 9.17) is 5.11 Å². The van der Waals surface area contributed by atoms with Crippen LogP contribution in [0.2, 0.25) is 0 Å². The molecule has 1 aromatic rings. The molecule has 0 aliphatic carbocycles. The molecule has 0 aliphatic heterocycles. The summed E-state index contributed by atoms with van der Waals surface area (Å²) in [6.07, 6.45) is -6.87. The molecule has 5 heteroatoms. The second kappa shape index (κ2) is 6.91. The molecule has 1 aromatic carbocycles. The van der Waals surface area contributed by atoms with E-state index in [2.05, 4.69) is 5.32 Å². The normalized spacial score (nSPS) is 15.5. The minimum absolute atomic E-state index is 0.127. The van der Waals surface area contributed by atoms with Crippen molar-refractivity contribution < 1.29 is 18.3 Å². The van der Waals surface area contributed by atoms with Crippen molar-refractivity contribution in [2.45, 2.75) is 32.0 Å². The van der Waals surface area contributed by atoms with E-state index in [1.165, 1.54) is 0 Å². The Hall–Kier alpha value is -1.07. The van der Waals surface area contributed by atoms with Gasteiger partial charge in [-0.25, -0.2) is 0 Å². The van der Waals surface area contributed by atoms with E-state index in [1.54, 1.807) is 0 Å². The zero-order chi connectivity index (χ0) is 14.5. The Morgan fingerprint density at radius 2 is 1.68 bits per heavy atom. The Balaban J connectivity index is 2.53. The standard InChI is InChI=1S/C14H20F3NO/c1-10(2)12(11-6-4-3-5-7-11)8-18-9-13(19)14(15,16)17/h3-7,10,12-13,18-19H,8-9H2,1-2H3. The van der Waals surface area contributed by atoms with Crippen LogP contribution in [0.3, 0.4) is 0 Å². The summed E-state index contributed by atoms with van der Waals surface area (Å²) in [6.45, 7) is 3.99. The van der Waals surface area contributed by atoms with Gasteiger partial charge in [0.25, 0.3) is 0 Å². The lowest BCUT2D eigenvalue weighted by Crippen LogP contribution is -2.40. The van der Waals surface area contributed by atoms with Gasteiger partial charge in [-0.05, 0) is 17.4 Å². The van der Waals surface area contributed by atoms with Gasteiger partial charge in [0.2, 0.25) is 0 Å². The number of rotatable bonds is 6. The average molecular weight is 275 g/mol. The van der Waals surface area contributed by atoms with Crippen molar-refractivity contribution in [3.63, 3.8) is 0 Å². The lowest BCUT2D eigenvalue weighted by molar-refractivity contribution is -0.201. The van der Waals surface area contributed by atoms with Gasteiger partial charge in [0.05, 0.1) is 0 Å². The van der Waals surface area contributed by atoms with E-state index in [1.807, 2.05) is 44.2 Å². The van der Waals surface area contributed by atoms with Gasteiger partial charge < -0.3 is 10.4 Å². The maximum Gasteiger partial charge on any atom is 0.415 e. The summed E-state index contributed by atoms with van der Waals surface area (Å²) in [5, 5.41) is 11.6. The molecule has 0 aliphatic rings. The Labute approximate surface area is 111 Å². The van der Waals surface area contributed by atoms with Crippen LogP contribution in [0.4, 0.5) is 13.2 Å². The fourth-order valence-electron chi connectivity index (χ4n) is 1.93. The Morgan fingerprint density at radius 3 is 2.16 bits per heavy atom. The van der Waals surface area contributed by atoms with Gasteiger partial charge >= 0.3 is 6.18 Å². The van der Waals surface area contributed by atoms with Gasteiger partial charge in [-0.15, -0.1) is 0 Å². The molecule has 0 fully saturated rings. The summed E-state index contributed by atoms with van der Waals surface area (Å²) in [5.41, 5.74) is 1.09. The van der Waals surface area contributed by atoms with Gasteiger partial charge in [-0.3, -0.25) is 0 Å². The van der Waals surface area contributed by atoms with Crippen LogP contribution in [0.5, 0.6) is 0 Å². The second-order valence-electron chi connectivity index (χ2n) is 4.98.